The molecule has 0 aromatic heterocycles. The Morgan fingerprint density at radius 3 is 2.73 bits per heavy atom. The minimum absolute atomic E-state index is 0.0999. The van der Waals surface area contributed by atoms with Gasteiger partial charge in [0.2, 0.25) is 0 Å². The van der Waals surface area contributed by atoms with Crippen LogP contribution in [0.5, 0.6) is 0 Å². The average molecular weight is 214 g/mol. The van der Waals surface area contributed by atoms with Crippen LogP contribution in [0.25, 0.3) is 0 Å². The molecule has 1 rings (SSSR count). The minimum atomic E-state index is -0.0999. The van der Waals surface area contributed by atoms with Gasteiger partial charge >= 0.3 is 5.97 Å². The zero-order valence-corrected chi connectivity index (χ0v) is 9.58. The van der Waals surface area contributed by atoms with Gasteiger partial charge in [0, 0.05) is 6.04 Å². The van der Waals surface area contributed by atoms with Crippen LogP contribution in [-0.4, -0.2) is 43.2 Å². The van der Waals surface area contributed by atoms with Crippen LogP contribution in [0.3, 0.4) is 0 Å². The fourth-order valence-electron chi connectivity index (χ4n) is 1.66. The Bertz CT molecular complexity index is 193. The lowest BCUT2D eigenvalue weighted by atomic mass is 10.3. The highest BCUT2D eigenvalue weighted by Gasteiger charge is 2.29. The van der Waals surface area contributed by atoms with Gasteiger partial charge in [0.15, 0.2) is 0 Å². The highest BCUT2D eigenvalue weighted by Crippen LogP contribution is 2.26. The predicted octanol–water partition coefficient (Wildman–Crippen LogP) is 0.753. The molecule has 0 aromatic carbocycles. The molecule has 0 aliphatic heterocycles. The summed E-state index contributed by atoms with van der Waals surface area (Å²) in [6, 6.07) is 0.618. The van der Waals surface area contributed by atoms with Crippen LogP contribution in [0.1, 0.15) is 32.6 Å². The molecule has 0 heterocycles. The molecular weight excluding hydrogens is 192 g/mol. The van der Waals surface area contributed by atoms with Crippen molar-refractivity contribution in [3.8, 4) is 0 Å². The third-order valence-electron chi connectivity index (χ3n) is 2.60. The number of unbranched alkanes of at least 4 members (excludes halogenated alkanes) is 1. The summed E-state index contributed by atoms with van der Waals surface area (Å²) in [5.74, 6) is -0.0999. The van der Waals surface area contributed by atoms with Crippen molar-refractivity contribution in [1.29, 1.82) is 0 Å². The molecule has 1 aliphatic rings. The summed E-state index contributed by atoms with van der Waals surface area (Å²) in [7, 11) is 0. The molecule has 0 aromatic rings. The zero-order chi connectivity index (χ0) is 11.1. The van der Waals surface area contributed by atoms with Crippen molar-refractivity contribution in [1.82, 2.24) is 4.90 Å². The summed E-state index contributed by atoms with van der Waals surface area (Å²) in [6.07, 6.45) is 4.56. The Morgan fingerprint density at radius 1 is 1.47 bits per heavy atom. The summed E-state index contributed by atoms with van der Waals surface area (Å²) in [4.78, 5) is 13.6. The van der Waals surface area contributed by atoms with Crippen LogP contribution >= 0.6 is 0 Å². The molecule has 0 saturated heterocycles. The molecule has 0 unspecified atom stereocenters. The van der Waals surface area contributed by atoms with Gasteiger partial charge in [-0.2, -0.15) is 0 Å². The van der Waals surface area contributed by atoms with Gasteiger partial charge in [0.1, 0.15) is 0 Å². The number of rotatable bonds is 8. The van der Waals surface area contributed by atoms with Crippen molar-refractivity contribution in [2.75, 3.05) is 26.2 Å². The number of hydrogen-bond donors (Lipinski definition) is 1. The maximum absolute atomic E-state index is 11.3. The van der Waals surface area contributed by atoms with Gasteiger partial charge in [-0.05, 0) is 45.7 Å². The lowest BCUT2D eigenvalue weighted by Crippen LogP contribution is -2.34. The second kappa shape index (κ2) is 6.80. The van der Waals surface area contributed by atoms with E-state index < -0.39 is 0 Å². The van der Waals surface area contributed by atoms with Crippen LogP contribution in [-0.2, 0) is 9.53 Å². The molecule has 0 bridgehead atoms. The standard InChI is InChI=1S/C11H22N2O2/c1-2-15-11(14)9-13(10-5-6-10)8-4-3-7-12/h10H,2-9,12H2,1H3. The Balaban J connectivity index is 2.20. The molecule has 1 aliphatic carbocycles. The number of carbonyl (C=O) groups is 1. The lowest BCUT2D eigenvalue weighted by Gasteiger charge is -2.20. The van der Waals surface area contributed by atoms with E-state index in [2.05, 4.69) is 4.90 Å². The predicted molar refractivity (Wildman–Crippen MR) is 59.5 cm³/mol. The van der Waals surface area contributed by atoms with Crippen LogP contribution < -0.4 is 5.73 Å². The first-order valence-corrected chi connectivity index (χ1v) is 5.87. The first kappa shape index (κ1) is 12.5. The number of nitrogens with zero attached hydrogens (tertiary/aromatic N) is 1. The van der Waals surface area contributed by atoms with Crippen molar-refractivity contribution in [3.05, 3.63) is 0 Å². The second-order valence-corrected chi connectivity index (χ2v) is 4.00. The van der Waals surface area contributed by atoms with E-state index >= 15 is 0 Å². The number of hydrogen-bond acceptors (Lipinski definition) is 4. The van der Waals surface area contributed by atoms with Crippen molar-refractivity contribution >= 4 is 5.97 Å². The number of ether oxygens (including phenoxy) is 1. The quantitative estimate of drug-likeness (QED) is 0.478. The first-order chi connectivity index (χ1) is 7.27. The van der Waals surface area contributed by atoms with E-state index in [1.807, 2.05) is 6.92 Å². The summed E-state index contributed by atoms with van der Waals surface area (Å²) < 4.78 is 4.95. The summed E-state index contributed by atoms with van der Waals surface area (Å²) in [5.41, 5.74) is 5.45. The average Bonchev–Trinajstić information content (AvgIpc) is 3.00. The Hall–Kier alpha value is -0.610. The summed E-state index contributed by atoms with van der Waals surface area (Å²) in [5, 5.41) is 0. The Morgan fingerprint density at radius 2 is 2.20 bits per heavy atom. The van der Waals surface area contributed by atoms with E-state index in [1.165, 1.54) is 12.8 Å². The maximum atomic E-state index is 11.3. The molecule has 15 heavy (non-hydrogen) atoms. The van der Waals surface area contributed by atoms with Crippen LogP contribution in [0.4, 0.5) is 0 Å². The fourth-order valence-corrected chi connectivity index (χ4v) is 1.66. The highest BCUT2D eigenvalue weighted by atomic mass is 16.5. The van der Waals surface area contributed by atoms with E-state index in [9.17, 15) is 4.79 Å². The SMILES string of the molecule is CCOC(=O)CN(CCCCN)C1CC1. The molecular formula is C11H22N2O2. The van der Waals surface area contributed by atoms with Gasteiger partial charge < -0.3 is 10.5 Å². The van der Waals surface area contributed by atoms with Crippen molar-refractivity contribution < 1.29 is 9.53 Å². The molecule has 4 heteroatoms. The molecule has 0 spiro atoms. The fraction of sp³-hybridized carbons (Fsp3) is 0.909. The first-order valence-electron chi connectivity index (χ1n) is 5.87. The van der Waals surface area contributed by atoms with E-state index in [0.29, 0.717) is 19.2 Å². The minimum Gasteiger partial charge on any atom is -0.465 e. The topological polar surface area (TPSA) is 55.6 Å². The van der Waals surface area contributed by atoms with Crippen molar-refractivity contribution in [2.45, 2.75) is 38.6 Å². The molecule has 0 atom stereocenters. The lowest BCUT2D eigenvalue weighted by molar-refractivity contribution is -0.144. The molecule has 0 amide bonds. The van der Waals surface area contributed by atoms with Gasteiger partial charge in [0.05, 0.1) is 13.2 Å². The van der Waals surface area contributed by atoms with Crippen LogP contribution in [0.2, 0.25) is 0 Å². The van der Waals surface area contributed by atoms with Crippen molar-refractivity contribution in [2.24, 2.45) is 5.73 Å². The second-order valence-electron chi connectivity index (χ2n) is 4.00. The van der Waals surface area contributed by atoms with Crippen LogP contribution in [0.15, 0.2) is 0 Å². The van der Waals surface area contributed by atoms with E-state index in [-0.39, 0.29) is 5.97 Å². The van der Waals surface area contributed by atoms with Crippen LogP contribution in [0, 0.1) is 0 Å². The largest absolute Gasteiger partial charge is 0.465 e. The van der Waals surface area contributed by atoms with E-state index in [1.54, 1.807) is 0 Å². The number of esters is 1. The molecule has 88 valence electrons. The molecule has 1 fully saturated rings. The third-order valence-corrected chi connectivity index (χ3v) is 2.60. The Kier molecular flexibility index (Phi) is 5.65. The monoisotopic (exact) mass is 214 g/mol. The van der Waals surface area contributed by atoms with Gasteiger partial charge in [-0.25, -0.2) is 0 Å². The van der Waals surface area contributed by atoms with E-state index in [4.69, 9.17) is 10.5 Å². The third kappa shape index (κ3) is 5.14. The highest BCUT2D eigenvalue weighted by molar-refractivity contribution is 5.71. The smallest absolute Gasteiger partial charge is 0.320 e. The van der Waals surface area contributed by atoms with Crippen molar-refractivity contribution in [3.63, 3.8) is 0 Å². The number of carbonyl (C=O) groups excluding carboxylic acids is 1. The zero-order valence-electron chi connectivity index (χ0n) is 9.58. The molecule has 0 radical (unpaired) electrons. The van der Waals surface area contributed by atoms with Gasteiger partial charge in [-0.1, -0.05) is 0 Å². The Labute approximate surface area is 91.8 Å². The molecule has 1 saturated carbocycles. The van der Waals surface area contributed by atoms with Gasteiger partial charge in [0.25, 0.3) is 0 Å². The number of nitrogens with two attached hydrogens (primary N) is 1. The molecule has 4 nitrogen and oxygen atoms in total. The summed E-state index contributed by atoms with van der Waals surface area (Å²) >= 11 is 0. The summed E-state index contributed by atoms with van der Waals surface area (Å²) in [6.45, 7) is 4.47. The normalized spacial score (nSPS) is 15.7. The van der Waals surface area contributed by atoms with Gasteiger partial charge in [-0.15, -0.1) is 0 Å². The molecule has 2 N–H and O–H groups in total. The van der Waals surface area contributed by atoms with E-state index in [0.717, 1.165) is 25.9 Å². The van der Waals surface area contributed by atoms with Gasteiger partial charge in [-0.3, -0.25) is 9.69 Å². The maximum Gasteiger partial charge on any atom is 0.320 e.